The molecule has 5 rings (SSSR count). The van der Waals surface area contributed by atoms with Gasteiger partial charge in [0.05, 0.1) is 27.4 Å². The van der Waals surface area contributed by atoms with Crippen LogP contribution in [0.2, 0.25) is 0 Å². The number of hydrogen-bond acceptors (Lipinski definition) is 7. The third-order valence-corrected chi connectivity index (χ3v) is 7.22. The van der Waals surface area contributed by atoms with Crippen LogP contribution in [0.3, 0.4) is 0 Å². The van der Waals surface area contributed by atoms with E-state index in [-0.39, 0.29) is 0 Å². The van der Waals surface area contributed by atoms with Gasteiger partial charge in [0.25, 0.3) is 0 Å². The molecule has 0 bridgehead atoms. The molecule has 0 amide bonds. The number of imidazole rings is 1. The van der Waals surface area contributed by atoms with Crippen LogP contribution in [0.5, 0.6) is 0 Å². The monoisotopic (exact) mass is 401 g/mol. The van der Waals surface area contributed by atoms with Gasteiger partial charge in [0.15, 0.2) is 0 Å². The third-order valence-electron chi connectivity index (χ3n) is 4.20. The number of hydrogen-bond donors (Lipinski definition) is 1. The van der Waals surface area contributed by atoms with Crippen molar-refractivity contribution in [2.45, 2.75) is 18.1 Å². The Bertz CT molecular complexity index is 1220. The summed E-state index contributed by atoms with van der Waals surface area (Å²) in [6.45, 7) is 4.72. The van der Waals surface area contributed by atoms with Gasteiger partial charge in [0.1, 0.15) is 21.4 Å². The second-order valence-corrected chi connectivity index (χ2v) is 8.81. The molecule has 6 nitrogen and oxygen atoms in total. The molecule has 0 spiro atoms. The summed E-state index contributed by atoms with van der Waals surface area (Å²) in [6, 6.07) is 2.13. The van der Waals surface area contributed by atoms with Crippen LogP contribution in [0.25, 0.3) is 37.3 Å². The van der Waals surface area contributed by atoms with Gasteiger partial charge in [-0.15, -0.1) is 22.7 Å². The highest BCUT2D eigenvalue weighted by molar-refractivity contribution is 8.01. The van der Waals surface area contributed by atoms with Crippen molar-refractivity contribution in [3.63, 3.8) is 0 Å². The van der Waals surface area contributed by atoms with E-state index in [1.54, 1.807) is 34.4 Å². The van der Waals surface area contributed by atoms with Gasteiger partial charge in [-0.1, -0.05) is 11.8 Å². The van der Waals surface area contributed by atoms with Crippen LogP contribution < -0.4 is 0 Å². The average Bonchev–Trinajstić information content (AvgIpc) is 3.37. The summed E-state index contributed by atoms with van der Waals surface area (Å²) in [5.41, 5.74) is 3.06. The van der Waals surface area contributed by atoms with Gasteiger partial charge in [-0.3, -0.25) is 5.10 Å². The molecule has 0 aliphatic carbocycles. The summed E-state index contributed by atoms with van der Waals surface area (Å²) in [5.74, 6) is 1.56. The minimum atomic E-state index is 0.627. The zero-order chi connectivity index (χ0) is 17.7. The highest BCUT2D eigenvalue weighted by atomic mass is 32.2. The van der Waals surface area contributed by atoms with Crippen LogP contribution >= 0.6 is 34.4 Å². The lowest BCUT2D eigenvalue weighted by Gasteiger charge is -2.06. The number of thioether (sulfide) groups is 1. The molecular formula is C17H15N5OS3. The predicted molar refractivity (Wildman–Crippen MR) is 108 cm³/mol. The zero-order valence-electron chi connectivity index (χ0n) is 14.1. The molecule has 0 aromatic carbocycles. The number of H-pyrrole nitrogens is 1. The topological polar surface area (TPSA) is 68.1 Å². The quantitative estimate of drug-likeness (QED) is 0.257. The van der Waals surface area contributed by atoms with E-state index in [2.05, 4.69) is 21.1 Å². The van der Waals surface area contributed by atoms with E-state index < -0.39 is 0 Å². The van der Waals surface area contributed by atoms with E-state index in [1.807, 2.05) is 36.1 Å². The van der Waals surface area contributed by atoms with E-state index in [9.17, 15) is 0 Å². The predicted octanol–water partition coefficient (Wildman–Crippen LogP) is 4.94. The fourth-order valence-corrected chi connectivity index (χ4v) is 5.76. The normalized spacial score (nSPS) is 12.1. The summed E-state index contributed by atoms with van der Waals surface area (Å²) < 4.78 is 8.76. The van der Waals surface area contributed by atoms with Crippen molar-refractivity contribution in [2.24, 2.45) is 0 Å². The van der Waals surface area contributed by atoms with Gasteiger partial charge in [0.2, 0.25) is 0 Å². The lowest BCUT2D eigenvalue weighted by molar-refractivity contribution is 0.199. The van der Waals surface area contributed by atoms with Gasteiger partial charge in [-0.2, -0.15) is 0 Å². The molecule has 0 unspecified atom stereocenters. The fraction of sp³-hybridized carbons (Fsp3) is 0.235. The minimum Gasteiger partial charge on any atom is -0.371 e. The van der Waals surface area contributed by atoms with Crippen molar-refractivity contribution < 1.29 is 4.74 Å². The number of aromatic amines is 1. The van der Waals surface area contributed by atoms with Gasteiger partial charge >= 0.3 is 0 Å². The van der Waals surface area contributed by atoms with E-state index in [1.165, 1.54) is 4.21 Å². The van der Waals surface area contributed by atoms with Crippen LogP contribution in [0.15, 0.2) is 28.0 Å². The molecule has 132 valence electrons. The van der Waals surface area contributed by atoms with Gasteiger partial charge in [0, 0.05) is 29.0 Å². The van der Waals surface area contributed by atoms with E-state index in [0.29, 0.717) is 12.5 Å². The number of ether oxygens (including phenoxy) is 1. The second-order valence-electron chi connectivity index (χ2n) is 5.73. The maximum Gasteiger partial charge on any atom is 0.141 e. The maximum absolute atomic E-state index is 5.54. The summed E-state index contributed by atoms with van der Waals surface area (Å²) in [4.78, 5) is 14.8. The van der Waals surface area contributed by atoms with Gasteiger partial charge in [-0.25, -0.2) is 19.5 Å². The molecule has 5 heterocycles. The van der Waals surface area contributed by atoms with Crippen LogP contribution in [0.1, 0.15) is 12.7 Å². The minimum absolute atomic E-state index is 0.627. The third kappa shape index (κ3) is 2.46. The van der Waals surface area contributed by atoms with E-state index in [4.69, 9.17) is 9.72 Å². The summed E-state index contributed by atoms with van der Waals surface area (Å²) in [7, 11) is 0. The van der Waals surface area contributed by atoms with Crippen molar-refractivity contribution in [2.75, 3.05) is 12.5 Å². The Hall–Kier alpha value is -1.94. The Morgan fingerprint density at radius 1 is 1.35 bits per heavy atom. The van der Waals surface area contributed by atoms with Crippen molar-refractivity contribution in [1.82, 2.24) is 24.6 Å². The lowest BCUT2D eigenvalue weighted by Crippen LogP contribution is -1.96. The van der Waals surface area contributed by atoms with Crippen LogP contribution in [-0.4, -0.2) is 37.1 Å². The second kappa shape index (κ2) is 6.34. The van der Waals surface area contributed by atoms with Crippen molar-refractivity contribution in [3.8, 4) is 10.7 Å². The van der Waals surface area contributed by atoms with E-state index >= 15 is 0 Å². The molecule has 0 saturated heterocycles. The van der Waals surface area contributed by atoms with Crippen LogP contribution in [0.4, 0.5) is 0 Å². The van der Waals surface area contributed by atoms with Crippen molar-refractivity contribution >= 4 is 61.1 Å². The summed E-state index contributed by atoms with van der Waals surface area (Å²) >= 11 is 5.00. The first-order chi connectivity index (χ1) is 12.8. The van der Waals surface area contributed by atoms with Gasteiger partial charge in [-0.05, 0) is 19.9 Å². The Kier molecular flexibility index (Phi) is 3.96. The number of nitrogens with one attached hydrogen (secondary N) is 1. The molecule has 0 aliphatic rings. The molecule has 26 heavy (non-hydrogen) atoms. The molecule has 0 saturated carbocycles. The number of thiophene rings is 1. The average molecular weight is 402 g/mol. The number of aromatic nitrogens is 5. The number of thiazole rings is 1. The largest absolute Gasteiger partial charge is 0.371 e. The highest BCUT2D eigenvalue weighted by Gasteiger charge is 2.19. The number of fused-ring (bicyclic) bond motifs is 2. The Morgan fingerprint density at radius 3 is 3.08 bits per heavy atom. The zero-order valence-corrected chi connectivity index (χ0v) is 16.6. The Balaban J connectivity index is 1.83. The molecule has 9 heteroatoms. The molecule has 1 N–H and O–H groups in total. The summed E-state index contributed by atoms with van der Waals surface area (Å²) in [6.07, 6.45) is 3.73. The first-order valence-electron chi connectivity index (χ1n) is 8.16. The first kappa shape index (κ1) is 16.2. The Labute approximate surface area is 161 Å². The van der Waals surface area contributed by atoms with Crippen LogP contribution in [0, 0.1) is 6.92 Å². The maximum atomic E-state index is 5.54. The smallest absolute Gasteiger partial charge is 0.141 e. The molecule has 0 aliphatic heterocycles. The highest BCUT2D eigenvalue weighted by Crippen LogP contribution is 2.42. The lowest BCUT2D eigenvalue weighted by atomic mass is 10.1. The van der Waals surface area contributed by atoms with E-state index in [0.717, 1.165) is 43.2 Å². The summed E-state index contributed by atoms with van der Waals surface area (Å²) in [5, 5.41) is 8.73. The number of nitrogens with zero attached hydrogens (tertiary/aromatic N) is 4. The number of aryl methyl sites for hydroxylation is 1. The molecule has 5 aromatic heterocycles. The van der Waals surface area contributed by atoms with Gasteiger partial charge < -0.3 is 4.74 Å². The molecular weight excluding hydrogens is 386 g/mol. The Morgan fingerprint density at radius 2 is 2.27 bits per heavy atom. The standard InChI is InChI=1S/C17H15N5OS3/c1-3-23-8-25-17-14-13-10(12-7-19-9(2)22(12)21-14)6-11(20-16(13)26-17)15-18-4-5-24-15/h4-7,21H,3,8H2,1-2H3. The molecule has 0 atom stereocenters. The van der Waals surface area contributed by atoms with Crippen LogP contribution in [-0.2, 0) is 4.74 Å². The van der Waals surface area contributed by atoms with Crippen molar-refractivity contribution in [3.05, 3.63) is 29.7 Å². The fourth-order valence-electron chi connectivity index (χ4n) is 3.01. The SMILES string of the molecule is CCOCSc1sc2nc(-c3nccs3)cc3c2c1[nH]n1c(C)ncc31. The molecule has 0 fully saturated rings. The molecule has 0 radical (unpaired) electrons. The number of rotatable bonds is 5. The number of pyridine rings is 1. The first-order valence-corrected chi connectivity index (χ1v) is 10.8. The molecule has 5 aromatic rings. The van der Waals surface area contributed by atoms with Crippen molar-refractivity contribution in [1.29, 1.82) is 0 Å².